The number of para-hydroxylation sites is 1. The summed E-state index contributed by atoms with van der Waals surface area (Å²) >= 11 is 0. The van der Waals surface area contributed by atoms with Crippen LogP contribution in [0.5, 0.6) is 5.75 Å². The number of rotatable bonds is 8. The van der Waals surface area contributed by atoms with E-state index in [0.29, 0.717) is 26.2 Å². The van der Waals surface area contributed by atoms with E-state index in [2.05, 4.69) is 15.3 Å². The lowest BCUT2D eigenvalue weighted by molar-refractivity contribution is 0.0773. The molecule has 1 aliphatic rings. The lowest BCUT2D eigenvalue weighted by Crippen LogP contribution is -2.45. The van der Waals surface area contributed by atoms with Crippen molar-refractivity contribution in [3.8, 4) is 5.75 Å². The summed E-state index contributed by atoms with van der Waals surface area (Å²) in [4.78, 5) is 21.7. The Morgan fingerprint density at radius 3 is 2.96 bits per heavy atom. The van der Waals surface area contributed by atoms with Crippen molar-refractivity contribution < 1.29 is 14.3 Å². The molecule has 1 aliphatic heterocycles. The second-order valence-electron chi connectivity index (χ2n) is 6.41. The zero-order chi connectivity index (χ0) is 18.2. The zero-order valence-electron chi connectivity index (χ0n) is 15.1. The van der Waals surface area contributed by atoms with Gasteiger partial charge in [0.1, 0.15) is 18.2 Å². The molecule has 1 atom stereocenters. The summed E-state index contributed by atoms with van der Waals surface area (Å²) in [5.74, 6) is 1.55. The van der Waals surface area contributed by atoms with E-state index in [0.717, 1.165) is 36.7 Å². The van der Waals surface area contributed by atoms with E-state index in [9.17, 15) is 4.79 Å². The molecule has 1 aromatic heterocycles. The van der Waals surface area contributed by atoms with Crippen LogP contribution in [0.15, 0.2) is 36.5 Å². The van der Waals surface area contributed by atoms with E-state index in [1.807, 2.05) is 37.3 Å². The largest absolute Gasteiger partial charge is 0.492 e. The van der Waals surface area contributed by atoms with Crippen LogP contribution in [0.25, 0.3) is 0 Å². The van der Waals surface area contributed by atoms with Crippen molar-refractivity contribution in [1.82, 2.24) is 20.2 Å². The first-order chi connectivity index (χ1) is 12.7. The van der Waals surface area contributed by atoms with Crippen molar-refractivity contribution >= 4 is 6.03 Å². The Bertz CT molecular complexity index is 683. The van der Waals surface area contributed by atoms with Crippen LogP contribution in [0, 0.1) is 6.92 Å². The average molecular weight is 358 g/mol. The summed E-state index contributed by atoms with van der Waals surface area (Å²) in [6, 6.07) is 9.48. The first-order valence-corrected chi connectivity index (χ1v) is 9.03. The Hall–Kier alpha value is -2.54. The van der Waals surface area contributed by atoms with Crippen LogP contribution in [0.3, 0.4) is 0 Å². The van der Waals surface area contributed by atoms with Gasteiger partial charge >= 0.3 is 6.03 Å². The molecule has 1 saturated heterocycles. The highest BCUT2D eigenvalue weighted by atomic mass is 16.5. The van der Waals surface area contributed by atoms with E-state index in [1.165, 1.54) is 0 Å². The highest BCUT2D eigenvalue weighted by molar-refractivity contribution is 5.74. The van der Waals surface area contributed by atoms with Crippen molar-refractivity contribution in [1.29, 1.82) is 0 Å². The molecule has 3 rings (SSSR count). The summed E-state index contributed by atoms with van der Waals surface area (Å²) in [7, 11) is 0. The van der Waals surface area contributed by atoms with Crippen molar-refractivity contribution in [2.75, 3.05) is 26.3 Å². The van der Waals surface area contributed by atoms with Gasteiger partial charge in [0, 0.05) is 25.0 Å². The molecule has 2 aromatic rings. The van der Waals surface area contributed by atoms with Crippen molar-refractivity contribution in [3.05, 3.63) is 48.0 Å². The molecular weight excluding hydrogens is 332 g/mol. The molecule has 1 fully saturated rings. The number of carbonyl (C=O) groups excluding carboxylic acids is 1. The van der Waals surface area contributed by atoms with E-state index in [-0.39, 0.29) is 12.1 Å². The molecule has 7 nitrogen and oxygen atoms in total. The summed E-state index contributed by atoms with van der Waals surface area (Å²) < 4.78 is 11.4. The minimum Gasteiger partial charge on any atom is -0.492 e. The molecule has 2 N–H and O–H groups in total. The first kappa shape index (κ1) is 18.3. The highest BCUT2D eigenvalue weighted by Crippen LogP contribution is 2.14. The van der Waals surface area contributed by atoms with Gasteiger partial charge in [0.2, 0.25) is 0 Å². The number of aryl methyl sites for hydroxylation is 1. The molecule has 26 heavy (non-hydrogen) atoms. The number of benzene rings is 1. The Kier molecular flexibility index (Phi) is 6.49. The van der Waals surface area contributed by atoms with Crippen LogP contribution in [0.1, 0.15) is 24.4 Å². The number of imidazole rings is 1. The monoisotopic (exact) mass is 358 g/mol. The van der Waals surface area contributed by atoms with E-state index in [1.54, 1.807) is 11.1 Å². The molecule has 0 aliphatic carbocycles. The van der Waals surface area contributed by atoms with Crippen LogP contribution in [-0.4, -0.2) is 53.3 Å². The number of nitrogens with one attached hydrogen (secondary N) is 2. The summed E-state index contributed by atoms with van der Waals surface area (Å²) in [5, 5.41) is 2.92. The van der Waals surface area contributed by atoms with Gasteiger partial charge in [-0.25, -0.2) is 9.78 Å². The van der Waals surface area contributed by atoms with Gasteiger partial charge < -0.3 is 24.7 Å². The normalized spacial score (nSPS) is 16.4. The van der Waals surface area contributed by atoms with Crippen molar-refractivity contribution in [2.45, 2.75) is 32.4 Å². The fourth-order valence-electron chi connectivity index (χ4n) is 2.93. The number of aromatic nitrogens is 2. The van der Waals surface area contributed by atoms with Crippen LogP contribution in [0.2, 0.25) is 0 Å². The third-order valence-corrected chi connectivity index (χ3v) is 4.27. The third kappa shape index (κ3) is 5.49. The number of aromatic amines is 1. The molecule has 140 valence electrons. The van der Waals surface area contributed by atoms with E-state index in [4.69, 9.17) is 9.47 Å². The minimum absolute atomic E-state index is 0.100. The fraction of sp³-hybridized carbons (Fsp3) is 0.474. The smallest absolute Gasteiger partial charge is 0.317 e. The van der Waals surface area contributed by atoms with E-state index >= 15 is 0 Å². The Balaban J connectivity index is 1.51. The first-order valence-electron chi connectivity index (χ1n) is 9.03. The van der Waals surface area contributed by atoms with Crippen LogP contribution in [-0.2, 0) is 11.3 Å². The maximum atomic E-state index is 12.6. The van der Waals surface area contributed by atoms with Gasteiger partial charge in [0.05, 0.1) is 19.2 Å². The number of urea groups is 1. The Morgan fingerprint density at radius 1 is 1.42 bits per heavy atom. The molecule has 2 amide bonds. The Morgan fingerprint density at radius 2 is 2.27 bits per heavy atom. The number of amides is 2. The minimum atomic E-state index is -0.133. The molecule has 2 heterocycles. The molecule has 0 bridgehead atoms. The predicted molar refractivity (Wildman–Crippen MR) is 98.0 cm³/mol. The topological polar surface area (TPSA) is 79.5 Å². The molecule has 1 aromatic carbocycles. The summed E-state index contributed by atoms with van der Waals surface area (Å²) in [5.41, 5.74) is 0.974. The predicted octanol–water partition coefficient (Wildman–Crippen LogP) is 2.49. The molecular formula is C19H26N4O3. The number of ether oxygens (including phenoxy) is 2. The van der Waals surface area contributed by atoms with Crippen LogP contribution in [0.4, 0.5) is 4.79 Å². The number of hydrogen-bond acceptors (Lipinski definition) is 4. The van der Waals surface area contributed by atoms with E-state index < -0.39 is 0 Å². The molecule has 0 radical (unpaired) electrons. The molecule has 0 spiro atoms. The zero-order valence-corrected chi connectivity index (χ0v) is 15.1. The van der Waals surface area contributed by atoms with Gasteiger partial charge in [-0.05, 0) is 31.9 Å². The SMILES string of the molecule is Cc1cnc(CNC(=O)N(CCOc2ccccc2)CC2CCCO2)[nH]1. The standard InChI is InChI=1S/C19H26N4O3/c1-15-12-20-18(22-15)13-21-19(24)23(14-17-8-5-10-25-17)9-11-26-16-6-3-2-4-7-16/h2-4,6-7,12,17H,5,8-11,13-14H2,1H3,(H,20,22)(H,21,24). The van der Waals surface area contributed by atoms with Gasteiger partial charge in [-0.1, -0.05) is 18.2 Å². The number of nitrogens with zero attached hydrogens (tertiary/aromatic N) is 2. The maximum absolute atomic E-state index is 12.6. The van der Waals surface area contributed by atoms with Gasteiger partial charge in [-0.2, -0.15) is 0 Å². The maximum Gasteiger partial charge on any atom is 0.317 e. The van der Waals surface area contributed by atoms with Gasteiger partial charge in [-0.3, -0.25) is 0 Å². The summed E-state index contributed by atoms with van der Waals surface area (Å²) in [6.07, 6.45) is 3.88. The number of hydrogen-bond donors (Lipinski definition) is 2. The van der Waals surface area contributed by atoms with Crippen LogP contribution < -0.4 is 10.1 Å². The molecule has 0 saturated carbocycles. The van der Waals surface area contributed by atoms with Gasteiger partial charge in [-0.15, -0.1) is 0 Å². The number of carbonyl (C=O) groups is 1. The Labute approximate surface area is 153 Å². The van der Waals surface area contributed by atoms with Gasteiger partial charge in [0.25, 0.3) is 0 Å². The lowest BCUT2D eigenvalue weighted by atomic mass is 10.2. The molecule has 7 heteroatoms. The average Bonchev–Trinajstić information content (AvgIpc) is 3.31. The lowest BCUT2D eigenvalue weighted by Gasteiger charge is -2.25. The number of H-pyrrole nitrogens is 1. The van der Waals surface area contributed by atoms with Crippen molar-refractivity contribution in [2.24, 2.45) is 0 Å². The second-order valence-corrected chi connectivity index (χ2v) is 6.41. The van der Waals surface area contributed by atoms with Crippen LogP contribution >= 0.6 is 0 Å². The summed E-state index contributed by atoms with van der Waals surface area (Å²) in [6.45, 7) is 4.58. The quantitative estimate of drug-likeness (QED) is 0.760. The van der Waals surface area contributed by atoms with Gasteiger partial charge in [0.15, 0.2) is 0 Å². The fourth-order valence-corrected chi connectivity index (χ4v) is 2.93. The molecule has 1 unspecified atom stereocenters. The highest BCUT2D eigenvalue weighted by Gasteiger charge is 2.22. The van der Waals surface area contributed by atoms with Crippen molar-refractivity contribution in [3.63, 3.8) is 0 Å². The third-order valence-electron chi connectivity index (χ3n) is 4.27. The second kappa shape index (κ2) is 9.24.